The summed E-state index contributed by atoms with van der Waals surface area (Å²) < 4.78 is 18.5. The maximum Gasteiger partial charge on any atom is 0.252 e. The van der Waals surface area contributed by atoms with Gasteiger partial charge in [-0.05, 0) is 39.7 Å². The van der Waals surface area contributed by atoms with Gasteiger partial charge in [-0.25, -0.2) is 9.37 Å². The number of nitrogens with one attached hydrogen (secondary N) is 1. The molecule has 0 aliphatic heterocycles. The van der Waals surface area contributed by atoms with E-state index in [0.717, 1.165) is 5.56 Å². The number of ether oxygens (including phenoxy) is 1. The Balaban J connectivity index is 2.06. The summed E-state index contributed by atoms with van der Waals surface area (Å²) in [5.74, 6) is -0.348. The lowest BCUT2D eigenvalue weighted by molar-refractivity contribution is 0.0949. The fraction of sp³-hybridized carbons (Fsp3) is 0.143. The highest BCUT2D eigenvalue weighted by Crippen LogP contribution is 2.20. The fourth-order valence-electron chi connectivity index (χ4n) is 1.63. The minimum Gasteiger partial charge on any atom is -0.481 e. The first-order chi connectivity index (χ1) is 9.61. The highest BCUT2D eigenvalue weighted by Gasteiger charge is 2.12. The Bertz CT molecular complexity index is 634. The Morgan fingerprint density at radius 2 is 2.25 bits per heavy atom. The summed E-state index contributed by atoms with van der Waals surface area (Å²) >= 11 is 3.06. The molecule has 0 radical (unpaired) electrons. The van der Waals surface area contributed by atoms with E-state index in [1.54, 1.807) is 24.4 Å². The molecule has 0 fully saturated rings. The second kappa shape index (κ2) is 6.47. The molecule has 4 nitrogen and oxygen atoms in total. The second-order valence-corrected chi connectivity index (χ2v) is 4.78. The van der Waals surface area contributed by atoms with Gasteiger partial charge in [-0.2, -0.15) is 0 Å². The highest BCUT2D eigenvalue weighted by molar-refractivity contribution is 9.10. The molecule has 1 aromatic carbocycles. The SMILES string of the molecule is COc1cc(CNC(=O)c2cccc(F)c2Br)ccn1. The predicted molar refractivity (Wildman–Crippen MR) is 76.1 cm³/mol. The molecule has 0 unspecified atom stereocenters. The summed E-state index contributed by atoms with van der Waals surface area (Å²) in [7, 11) is 1.52. The van der Waals surface area contributed by atoms with Crippen LogP contribution in [0.4, 0.5) is 4.39 Å². The Labute approximate surface area is 124 Å². The molecule has 0 aliphatic carbocycles. The molecule has 0 aliphatic rings. The number of halogens is 2. The van der Waals surface area contributed by atoms with Crippen LogP contribution in [-0.4, -0.2) is 18.0 Å². The van der Waals surface area contributed by atoms with E-state index in [1.807, 2.05) is 0 Å². The lowest BCUT2D eigenvalue weighted by Crippen LogP contribution is -2.23. The van der Waals surface area contributed by atoms with Crippen LogP contribution in [0.5, 0.6) is 5.88 Å². The summed E-state index contributed by atoms with van der Waals surface area (Å²) in [6.07, 6.45) is 1.60. The number of carbonyl (C=O) groups is 1. The molecule has 0 saturated carbocycles. The number of hydrogen-bond acceptors (Lipinski definition) is 3. The van der Waals surface area contributed by atoms with Crippen molar-refractivity contribution in [2.45, 2.75) is 6.54 Å². The van der Waals surface area contributed by atoms with Gasteiger partial charge >= 0.3 is 0 Å². The Morgan fingerprint density at radius 1 is 1.45 bits per heavy atom. The van der Waals surface area contributed by atoms with Crippen molar-refractivity contribution < 1.29 is 13.9 Å². The number of hydrogen-bond donors (Lipinski definition) is 1. The number of amides is 1. The van der Waals surface area contributed by atoms with Crippen molar-refractivity contribution in [2.75, 3.05) is 7.11 Å². The average molecular weight is 339 g/mol. The van der Waals surface area contributed by atoms with E-state index in [-0.39, 0.29) is 15.9 Å². The molecule has 1 amide bonds. The summed E-state index contributed by atoms with van der Waals surface area (Å²) in [5.41, 5.74) is 1.10. The van der Waals surface area contributed by atoms with Crippen LogP contribution in [0, 0.1) is 5.82 Å². The number of carbonyl (C=O) groups excluding carboxylic acids is 1. The zero-order chi connectivity index (χ0) is 14.5. The van der Waals surface area contributed by atoms with Crippen LogP contribution in [0.25, 0.3) is 0 Å². The Kier molecular flexibility index (Phi) is 4.68. The van der Waals surface area contributed by atoms with E-state index < -0.39 is 5.82 Å². The van der Waals surface area contributed by atoms with Crippen molar-refractivity contribution in [3.63, 3.8) is 0 Å². The van der Waals surface area contributed by atoms with Crippen LogP contribution in [0.2, 0.25) is 0 Å². The van der Waals surface area contributed by atoms with Crippen molar-refractivity contribution in [3.8, 4) is 5.88 Å². The van der Waals surface area contributed by atoms with Gasteiger partial charge in [0.05, 0.1) is 17.1 Å². The Hall–Kier alpha value is -1.95. The van der Waals surface area contributed by atoms with E-state index in [4.69, 9.17) is 4.74 Å². The molecular weight excluding hydrogens is 327 g/mol. The quantitative estimate of drug-likeness (QED) is 0.932. The van der Waals surface area contributed by atoms with Crippen LogP contribution in [-0.2, 0) is 6.54 Å². The first kappa shape index (κ1) is 14.5. The topological polar surface area (TPSA) is 51.2 Å². The highest BCUT2D eigenvalue weighted by atomic mass is 79.9. The molecule has 2 rings (SSSR count). The van der Waals surface area contributed by atoms with Crippen LogP contribution < -0.4 is 10.1 Å². The number of methoxy groups -OCH3 is 1. The van der Waals surface area contributed by atoms with Gasteiger partial charge in [-0.15, -0.1) is 0 Å². The van der Waals surface area contributed by atoms with Crippen molar-refractivity contribution >= 4 is 21.8 Å². The maximum atomic E-state index is 13.3. The van der Waals surface area contributed by atoms with Gasteiger partial charge in [-0.1, -0.05) is 6.07 Å². The van der Waals surface area contributed by atoms with Gasteiger partial charge in [0.1, 0.15) is 5.82 Å². The monoisotopic (exact) mass is 338 g/mol. The average Bonchev–Trinajstić information content (AvgIpc) is 2.48. The molecule has 1 aromatic heterocycles. The van der Waals surface area contributed by atoms with E-state index in [1.165, 1.54) is 19.2 Å². The molecule has 20 heavy (non-hydrogen) atoms. The lowest BCUT2D eigenvalue weighted by atomic mass is 10.2. The first-order valence-corrected chi connectivity index (χ1v) is 6.62. The maximum absolute atomic E-state index is 13.3. The summed E-state index contributed by atoms with van der Waals surface area (Å²) in [6, 6.07) is 7.82. The normalized spacial score (nSPS) is 10.2. The molecule has 2 aromatic rings. The molecule has 0 saturated heterocycles. The van der Waals surface area contributed by atoms with Crippen LogP contribution >= 0.6 is 15.9 Å². The van der Waals surface area contributed by atoms with E-state index >= 15 is 0 Å². The van der Waals surface area contributed by atoms with Gasteiger partial charge in [-0.3, -0.25) is 4.79 Å². The van der Waals surface area contributed by atoms with Gasteiger partial charge < -0.3 is 10.1 Å². The zero-order valence-electron chi connectivity index (χ0n) is 10.7. The molecular formula is C14H12BrFN2O2. The van der Waals surface area contributed by atoms with Crippen LogP contribution in [0.1, 0.15) is 15.9 Å². The minimum absolute atomic E-state index is 0.157. The van der Waals surface area contributed by atoms with E-state index in [0.29, 0.717) is 12.4 Å². The summed E-state index contributed by atoms with van der Waals surface area (Å²) in [6.45, 7) is 0.306. The fourth-order valence-corrected chi connectivity index (χ4v) is 2.07. The van der Waals surface area contributed by atoms with Gasteiger partial charge in [0.15, 0.2) is 0 Å². The third kappa shape index (κ3) is 3.33. The lowest BCUT2D eigenvalue weighted by Gasteiger charge is -2.08. The predicted octanol–water partition coefficient (Wildman–Crippen LogP) is 2.92. The van der Waals surface area contributed by atoms with Crippen molar-refractivity contribution in [1.29, 1.82) is 0 Å². The molecule has 1 N–H and O–H groups in total. The van der Waals surface area contributed by atoms with Gasteiger partial charge in [0.25, 0.3) is 5.91 Å². The molecule has 104 valence electrons. The first-order valence-electron chi connectivity index (χ1n) is 5.83. The van der Waals surface area contributed by atoms with E-state index in [9.17, 15) is 9.18 Å². The zero-order valence-corrected chi connectivity index (χ0v) is 12.3. The van der Waals surface area contributed by atoms with Crippen molar-refractivity contribution in [3.05, 3.63) is 57.9 Å². The smallest absolute Gasteiger partial charge is 0.252 e. The minimum atomic E-state index is -0.469. The van der Waals surface area contributed by atoms with Crippen molar-refractivity contribution in [1.82, 2.24) is 10.3 Å². The van der Waals surface area contributed by atoms with Gasteiger partial charge in [0.2, 0.25) is 5.88 Å². The standard InChI is InChI=1S/C14H12BrFN2O2/c1-20-12-7-9(5-6-17-12)8-18-14(19)10-3-2-4-11(16)13(10)15/h2-7H,8H2,1H3,(H,18,19). The summed E-state index contributed by atoms with van der Waals surface area (Å²) in [5, 5.41) is 2.72. The third-order valence-corrected chi connectivity index (χ3v) is 3.46. The molecule has 0 bridgehead atoms. The number of benzene rings is 1. The Morgan fingerprint density at radius 3 is 3.00 bits per heavy atom. The van der Waals surface area contributed by atoms with E-state index in [2.05, 4.69) is 26.2 Å². The summed E-state index contributed by atoms with van der Waals surface area (Å²) in [4.78, 5) is 16.0. The molecule has 0 atom stereocenters. The molecule has 1 heterocycles. The van der Waals surface area contributed by atoms with Crippen LogP contribution in [0.3, 0.4) is 0 Å². The number of aromatic nitrogens is 1. The molecule has 0 spiro atoms. The third-order valence-electron chi connectivity index (χ3n) is 2.66. The second-order valence-electron chi connectivity index (χ2n) is 3.99. The largest absolute Gasteiger partial charge is 0.481 e. The van der Waals surface area contributed by atoms with Crippen molar-refractivity contribution in [2.24, 2.45) is 0 Å². The number of pyridine rings is 1. The number of nitrogens with zero attached hydrogens (tertiary/aromatic N) is 1. The van der Waals surface area contributed by atoms with Gasteiger partial charge in [0, 0.05) is 18.8 Å². The molecule has 6 heteroatoms. The van der Waals surface area contributed by atoms with Crippen LogP contribution in [0.15, 0.2) is 41.0 Å². The number of rotatable bonds is 4.